The van der Waals surface area contributed by atoms with E-state index in [2.05, 4.69) is 28.9 Å². The zero-order valence-corrected chi connectivity index (χ0v) is 16.1. The largest absolute Gasteiger partial charge is 0.331 e. The fraction of sp³-hybridized carbons (Fsp3) is 0.632. The van der Waals surface area contributed by atoms with Crippen molar-refractivity contribution in [1.29, 1.82) is 0 Å². The van der Waals surface area contributed by atoms with E-state index in [9.17, 15) is 4.79 Å². The molecule has 2 amide bonds. The van der Waals surface area contributed by atoms with Gasteiger partial charge < -0.3 is 14.7 Å². The van der Waals surface area contributed by atoms with E-state index in [-0.39, 0.29) is 6.03 Å². The minimum absolute atomic E-state index is 0.172. The summed E-state index contributed by atoms with van der Waals surface area (Å²) in [4.78, 5) is 19.5. The van der Waals surface area contributed by atoms with Crippen LogP contribution in [0.25, 0.3) is 0 Å². The zero-order chi connectivity index (χ0) is 17.5. The van der Waals surface area contributed by atoms with Gasteiger partial charge in [-0.15, -0.1) is 0 Å². The Labute approximate surface area is 156 Å². The van der Waals surface area contributed by atoms with E-state index in [1.165, 1.54) is 44.7 Å². The predicted octanol–water partition coefficient (Wildman–Crippen LogP) is 2.95. The van der Waals surface area contributed by atoms with Crippen molar-refractivity contribution in [2.75, 3.05) is 51.7 Å². The average Bonchev–Trinajstić information content (AvgIpc) is 3.00. The molecule has 5 nitrogen and oxygen atoms in total. The number of rotatable bonds is 8. The Balaban J connectivity index is 1.32. The number of nitrogens with zero attached hydrogens (tertiary/aromatic N) is 4. The summed E-state index contributed by atoms with van der Waals surface area (Å²) in [5, 5.41) is 0. The van der Waals surface area contributed by atoms with Crippen LogP contribution in [0, 0.1) is 0 Å². The average molecular weight is 363 g/mol. The maximum Gasteiger partial charge on any atom is 0.331 e. The third-order valence-electron chi connectivity index (χ3n) is 5.07. The molecule has 0 N–H and O–H groups in total. The molecule has 2 aliphatic rings. The van der Waals surface area contributed by atoms with E-state index < -0.39 is 0 Å². The third-order valence-corrected chi connectivity index (χ3v) is 6.14. The molecule has 2 heterocycles. The molecule has 0 aliphatic carbocycles. The molecule has 1 aromatic rings. The number of hydrogen-bond acceptors (Lipinski definition) is 4. The molecule has 0 unspecified atom stereocenters. The molecule has 25 heavy (non-hydrogen) atoms. The van der Waals surface area contributed by atoms with Crippen LogP contribution in [0.1, 0.15) is 25.3 Å². The summed E-state index contributed by atoms with van der Waals surface area (Å²) in [5.74, 6) is 0.771. The Morgan fingerprint density at radius 3 is 2.36 bits per heavy atom. The molecule has 3 rings (SSSR count). The van der Waals surface area contributed by atoms with Crippen molar-refractivity contribution in [3.05, 3.63) is 35.9 Å². The Kier molecular flexibility index (Phi) is 7.02. The predicted molar refractivity (Wildman–Crippen MR) is 104 cm³/mol. The van der Waals surface area contributed by atoms with Crippen LogP contribution < -0.4 is 0 Å². The first-order chi connectivity index (χ1) is 12.3. The molecular formula is C19H30N4OS. The molecule has 2 aliphatic heterocycles. The van der Waals surface area contributed by atoms with Crippen LogP contribution in [0.3, 0.4) is 0 Å². The van der Waals surface area contributed by atoms with Crippen molar-refractivity contribution in [2.24, 2.45) is 0 Å². The van der Waals surface area contributed by atoms with Gasteiger partial charge in [0.1, 0.15) is 0 Å². The van der Waals surface area contributed by atoms with E-state index >= 15 is 0 Å². The van der Waals surface area contributed by atoms with Crippen LogP contribution in [0.5, 0.6) is 0 Å². The summed E-state index contributed by atoms with van der Waals surface area (Å²) in [6.45, 7) is 10.9. The van der Waals surface area contributed by atoms with Crippen molar-refractivity contribution in [3.8, 4) is 0 Å². The summed E-state index contributed by atoms with van der Waals surface area (Å²) in [7, 11) is 0. The van der Waals surface area contributed by atoms with Crippen LogP contribution in [0.4, 0.5) is 4.79 Å². The Morgan fingerprint density at radius 1 is 0.960 bits per heavy atom. The molecule has 0 aromatic heterocycles. The smallest absolute Gasteiger partial charge is 0.309 e. The van der Waals surface area contributed by atoms with E-state index in [0.717, 1.165) is 25.4 Å². The normalized spacial score (nSPS) is 19.8. The summed E-state index contributed by atoms with van der Waals surface area (Å²) >= 11 is 1.66. The molecule has 6 heteroatoms. The quantitative estimate of drug-likeness (QED) is 0.525. The highest BCUT2D eigenvalue weighted by molar-refractivity contribution is 7.97. The van der Waals surface area contributed by atoms with Gasteiger partial charge >= 0.3 is 6.03 Å². The lowest BCUT2D eigenvalue weighted by Gasteiger charge is -2.34. The monoisotopic (exact) mass is 362 g/mol. The summed E-state index contributed by atoms with van der Waals surface area (Å²) in [6, 6.07) is 10.4. The van der Waals surface area contributed by atoms with E-state index in [4.69, 9.17) is 0 Å². The Morgan fingerprint density at radius 2 is 1.64 bits per heavy atom. The molecule has 0 radical (unpaired) electrons. The molecule has 0 spiro atoms. The van der Waals surface area contributed by atoms with Crippen molar-refractivity contribution in [2.45, 2.75) is 26.3 Å². The molecule has 0 saturated carbocycles. The van der Waals surface area contributed by atoms with Crippen molar-refractivity contribution in [1.82, 2.24) is 19.0 Å². The van der Waals surface area contributed by atoms with Gasteiger partial charge in [-0.25, -0.2) is 4.79 Å². The third kappa shape index (κ3) is 5.36. The van der Waals surface area contributed by atoms with Crippen LogP contribution in [-0.2, 0) is 6.54 Å². The fourth-order valence-electron chi connectivity index (χ4n) is 3.40. The Hall–Kier alpha value is -1.24. The maximum absolute atomic E-state index is 12.5. The molecule has 138 valence electrons. The molecule has 2 fully saturated rings. The molecule has 0 atom stereocenters. The lowest BCUT2D eigenvalue weighted by atomic mass is 10.2. The minimum atomic E-state index is 0.172. The standard InChI is InChI=1S/C19H30N4OS/c1-2-20-12-14-21(15-13-20)10-6-7-11-23-19(24)22(17-25-23)16-18-8-4-3-5-9-18/h3-5,8-9H,2,6-7,10-17H2,1H3. The van der Waals surface area contributed by atoms with Crippen LogP contribution in [-0.4, -0.2) is 76.7 Å². The first-order valence-electron chi connectivity index (χ1n) is 9.44. The van der Waals surface area contributed by atoms with E-state index in [0.29, 0.717) is 6.54 Å². The van der Waals surface area contributed by atoms with Gasteiger partial charge in [-0.3, -0.25) is 4.31 Å². The van der Waals surface area contributed by atoms with Gasteiger partial charge in [-0.1, -0.05) is 37.3 Å². The number of amides is 2. The van der Waals surface area contributed by atoms with Crippen LogP contribution in [0.2, 0.25) is 0 Å². The van der Waals surface area contributed by atoms with E-state index in [1.54, 1.807) is 11.9 Å². The first-order valence-corrected chi connectivity index (χ1v) is 10.4. The van der Waals surface area contributed by atoms with Crippen molar-refractivity contribution >= 4 is 18.0 Å². The fourth-order valence-corrected chi connectivity index (χ4v) is 4.37. The van der Waals surface area contributed by atoms with Gasteiger partial charge in [0.05, 0.1) is 5.88 Å². The zero-order valence-electron chi connectivity index (χ0n) is 15.3. The van der Waals surface area contributed by atoms with Crippen molar-refractivity contribution in [3.63, 3.8) is 0 Å². The first kappa shape index (κ1) is 18.5. The summed E-state index contributed by atoms with van der Waals surface area (Å²) < 4.78 is 1.94. The SMILES string of the molecule is CCN1CCN(CCCCN2SCN(Cc3ccccc3)C2=O)CC1. The van der Waals surface area contributed by atoms with Gasteiger partial charge in [-0.05, 0) is 43.4 Å². The minimum Gasteiger partial charge on any atom is -0.309 e. The second-order valence-corrected chi connectivity index (χ2v) is 7.77. The lowest BCUT2D eigenvalue weighted by molar-refractivity contribution is 0.135. The number of carbonyl (C=O) groups is 1. The number of unbranched alkanes of at least 4 members (excludes halogenated alkanes) is 1. The van der Waals surface area contributed by atoms with Gasteiger partial charge in [0, 0.05) is 39.3 Å². The van der Waals surface area contributed by atoms with Crippen molar-refractivity contribution < 1.29 is 4.79 Å². The highest BCUT2D eigenvalue weighted by Gasteiger charge is 2.29. The molecular weight excluding hydrogens is 332 g/mol. The van der Waals surface area contributed by atoms with Gasteiger partial charge in [-0.2, -0.15) is 0 Å². The number of benzene rings is 1. The molecule has 2 saturated heterocycles. The number of hydrogen-bond donors (Lipinski definition) is 0. The molecule has 1 aromatic carbocycles. The lowest BCUT2D eigenvalue weighted by Crippen LogP contribution is -2.46. The van der Waals surface area contributed by atoms with Crippen LogP contribution in [0.15, 0.2) is 30.3 Å². The van der Waals surface area contributed by atoms with Gasteiger partial charge in [0.25, 0.3) is 0 Å². The van der Waals surface area contributed by atoms with Gasteiger partial charge in [0.2, 0.25) is 0 Å². The number of piperazine rings is 1. The summed E-state index contributed by atoms with van der Waals surface area (Å²) in [6.07, 6.45) is 2.26. The highest BCUT2D eigenvalue weighted by atomic mass is 32.2. The van der Waals surface area contributed by atoms with Gasteiger partial charge in [0.15, 0.2) is 0 Å². The molecule has 0 bridgehead atoms. The second kappa shape index (κ2) is 9.46. The second-order valence-electron chi connectivity index (χ2n) is 6.81. The van der Waals surface area contributed by atoms with E-state index in [1.807, 2.05) is 27.4 Å². The number of likely N-dealkylation sites (N-methyl/N-ethyl adjacent to an activating group) is 1. The number of urea groups is 1. The highest BCUT2D eigenvalue weighted by Crippen LogP contribution is 2.25. The van der Waals surface area contributed by atoms with Crippen LogP contribution >= 0.6 is 11.9 Å². The number of carbonyl (C=O) groups excluding carboxylic acids is 1. The summed E-state index contributed by atoms with van der Waals surface area (Å²) in [5.41, 5.74) is 1.20. The maximum atomic E-state index is 12.5. The Bertz CT molecular complexity index is 533. The topological polar surface area (TPSA) is 30.0 Å².